The monoisotopic (exact) mass is 412 g/mol. The van der Waals surface area contributed by atoms with Gasteiger partial charge in [-0.15, -0.1) is 0 Å². The summed E-state index contributed by atoms with van der Waals surface area (Å²) in [6, 6.07) is 12.7. The normalized spacial score (nSPS) is 26.6. The molecule has 0 aromatic heterocycles. The van der Waals surface area contributed by atoms with Crippen molar-refractivity contribution in [3.63, 3.8) is 0 Å². The van der Waals surface area contributed by atoms with Gasteiger partial charge in [-0.25, -0.2) is 8.42 Å². The highest BCUT2D eigenvalue weighted by atomic mass is 32.2. The Bertz CT molecular complexity index is 1060. The number of fused-ring (bicyclic) bond motifs is 3. The largest absolute Gasteiger partial charge is 0.508 e. The molecule has 6 nitrogen and oxygen atoms in total. The van der Waals surface area contributed by atoms with E-state index in [4.69, 9.17) is 4.74 Å². The molecule has 0 radical (unpaired) electrons. The molecule has 3 aliphatic rings. The van der Waals surface area contributed by atoms with Gasteiger partial charge in [0, 0.05) is 30.3 Å². The Hall–Kier alpha value is -2.35. The van der Waals surface area contributed by atoms with Crippen LogP contribution >= 0.6 is 0 Å². The van der Waals surface area contributed by atoms with Crippen LogP contribution in [-0.4, -0.2) is 44.1 Å². The number of allylic oxidation sites excluding steroid dienone is 2. The van der Waals surface area contributed by atoms with Crippen LogP contribution in [0.3, 0.4) is 0 Å². The second kappa shape index (κ2) is 7.16. The van der Waals surface area contributed by atoms with E-state index in [1.165, 1.54) is 4.31 Å². The van der Waals surface area contributed by atoms with E-state index in [9.17, 15) is 13.5 Å². The molecular formula is C22H24N2O4S. The van der Waals surface area contributed by atoms with Crippen LogP contribution in [-0.2, 0) is 14.8 Å². The van der Waals surface area contributed by atoms with Gasteiger partial charge in [-0.1, -0.05) is 30.4 Å². The molecule has 2 N–H and O–H groups in total. The van der Waals surface area contributed by atoms with E-state index in [1.54, 1.807) is 12.1 Å². The summed E-state index contributed by atoms with van der Waals surface area (Å²) in [6.07, 6.45) is 5.21. The molecule has 2 heterocycles. The van der Waals surface area contributed by atoms with Crippen LogP contribution < -0.4 is 5.32 Å². The van der Waals surface area contributed by atoms with E-state index in [1.807, 2.05) is 30.3 Å². The molecule has 2 aromatic carbocycles. The number of sulfonamides is 1. The lowest BCUT2D eigenvalue weighted by molar-refractivity contribution is 0.0730. The molecule has 0 bridgehead atoms. The number of hydrogen-bond acceptors (Lipinski definition) is 5. The molecule has 2 aliphatic heterocycles. The molecule has 1 aliphatic carbocycles. The molecule has 0 saturated carbocycles. The minimum atomic E-state index is -3.54. The quantitative estimate of drug-likeness (QED) is 0.757. The number of phenolic OH excluding ortho intramolecular Hbond substituents is 1. The van der Waals surface area contributed by atoms with Crippen LogP contribution in [0.2, 0.25) is 0 Å². The van der Waals surface area contributed by atoms with E-state index in [-0.39, 0.29) is 23.6 Å². The number of benzene rings is 2. The van der Waals surface area contributed by atoms with Gasteiger partial charge in [-0.05, 0) is 42.2 Å². The third kappa shape index (κ3) is 3.13. The zero-order valence-electron chi connectivity index (χ0n) is 16.0. The lowest BCUT2D eigenvalue weighted by atomic mass is 9.77. The van der Waals surface area contributed by atoms with Crippen molar-refractivity contribution in [2.75, 3.05) is 31.6 Å². The summed E-state index contributed by atoms with van der Waals surface area (Å²) in [5, 5.41) is 13.9. The third-order valence-electron chi connectivity index (χ3n) is 6.21. The Morgan fingerprint density at radius 3 is 2.66 bits per heavy atom. The molecule has 3 unspecified atom stereocenters. The maximum atomic E-state index is 13.1. The highest BCUT2D eigenvalue weighted by molar-refractivity contribution is 7.89. The average Bonchev–Trinajstić information content (AvgIpc) is 3.24. The maximum absolute atomic E-state index is 13.1. The van der Waals surface area contributed by atoms with Gasteiger partial charge in [0.05, 0.1) is 24.2 Å². The van der Waals surface area contributed by atoms with Crippen molar-refractivity contribution in [3.8, 4) is 5.75 Å². The number of nitrogens with zero attached hydrogens (tertiary/aromatic N) is 1. The van der Waals surface area contributed by atoms with E-state index in [0.717, 1.165) is 23.2 Å². The number of anilines is 1. The summed E-state index contributed by atoms with van der Waals surface area (Å²) in [6.45, 7) is 1.64. The van der Waals surface area contributed by atoms with Gasteiger partial charge < -0.3 is 15.2 Å². The first kappa shape index (κ1) is 18.7. The van der Waals surface area contributed by atoms with Gasteiger partial charge in [0.1, 0.15) is 5.75 Å². The Morgan fingerprint density at radius 2 is 1.86 bits per heavy atom. The molecular weight excluding hydrogens is 388 g/mol. The predicted molar refractivity (Wildman–Crippen MR) is 110 cm³/mol. The van der Waals surface area contributed by atoms with Crippen molar-refractivity contribution in [3.05, 3.63) is 65.7 Å². The standard InChI is InChI=1S/C22H24N2O4S/c25-21-7-2-1-4-18(21)22-17-6-3-5-16(17)19-14-15(8-9-20(19)23-22)29(26,27)24-10-12-28-13-11-24/h1-5,7-9,14,16-17,22-23,25H,6,10-13H2. The molecule has 0 spiro atoms. The van der Waals surface area contributed by atoms with Crippen LogP contribution in [0.1, 0.15) is 29.5 Å². The fourth-order valence-corrected chi connectivity index (χ4v) is 6.17. The average molecular weight is 413 g/mol. The number of phenols is 1. The Balaban J connectivity index is 1.53. The molecule has 0 amide bonds. The highest BCUT2D eigenvalue weighted by Gasteiger charge is 2.39. The van der Waals surface area contributed by atoms with E-state index < -0.39 is 10.0 Å². The van der Waals surface area contributed by atoms with Gasteiger partial charge >= 0.3 is 0 Å². The first-order chi connectivity index (χ1) is 14.1. The number of nitrogens with one attached hydrogen (secondary N) is 1. The second-order valence-corrected chi connectivity index (χ2v) is 9.74. The van der Waals surface area contributed by atoms with Crippen molar-refractivity contribution in [2.45, 2.75) is 23.3 Å². The topological polar surface area (TPSA) is 78.9 Å². The lowest BCUT2D eigenvalue weighted by Crippen LogP contribution is -2.40. The number of para-hydroxylation sites is 1. The highest BCUT2D eigenvalue weighted by Crippen LogP contribution is 2.51. The van der Waals surface area contributed by atoms with Crippen LogP contribution in [0.15, 0.2) is 59.5 Å². The molecule has 7 heteroatoms. The smallest absolute Gasteiger partial charge is 0.243 e. The Morgan fingerprint density at radius 1 is 1.07 bits per heavy atom. The lowest BCUT2D eigenvalue weighted by Gasteiger charge is -2.38. The first-order valence-corrected chi connectivity index (χ1v) is 11.4. The third-order valence-corrected chi connectivity index (χ3v) is 8.11. The first-order valence-electron chi connectivity index (χ1n) is 9.98. The van der Waals surface area contributed by atoms with Crippen LogP contribution in [0.5, 0.6) is 5.75 Å². The summed E-state index contributed by atoms with van der Waals surface area (Å²) >= 11 is 0. The summed E-state index contributed by atoms with van der Waals surface area (Å²) in [5.74, 6) is 0.637. The van der Waals surface area contributed by atoms with E-state index in [2.05, 4.69) is 17.5 Å². The number of hydrogen-bond donors (Lipinski definition) is 2. The van der Waals surface area contributed by atoms with Gasteiger partial charge in [0.15, 0.2) is 0 Å². The Kier molecular flexibility index (Phi) is 4.61. The van der Waals surface area contributed by atoms with Gasteiger partial charge in [-0.3, -0.25) is 0 Å². The summed E-state index contributed by atoms with van der Waals surface area (Å²) in [5.41, 5.74) is 2.80. The second-order valence-electron chi connectivity index (χ2n) is 7.80. The molecule has 1 fully saturated rings. The predicted octanol–water partition coefficient (Wildman–Crippen LogP) is 3.24. The minimum absolute atomic E-state index is 0.0228. The van der Waals surface area contributed by atoms with Gasteiger partial charge in [0.25, 0.3) is 0 Å². The van der Waals surface area contributed by atoms with Crippen molar-refractivity contribution in [1.82, 2.24) is 4.31 Å². The van der Waals surface area contributed by atoms with Crippen LogP contribution in [0.25, 0.3) is 0 Å². The van der Waals surface area contributed by atoms with Crippen molar-refractivity contribution < 1.29 is 18.3 Å². The van der Waals surface area contributed by atoms with E-state index >= 15 is 0 Å². The number of morpholine rings is 1. The maximum Gasteiger partial charge on any atom is 0.243 e. The molecule has 1 saturated heterocycles. The molecule has 3 atom stereocenters. The number of aromatic hydroxyl groups is 1. The van der Waals surface area contributed by atoms with Gasteiger partial charge in [0.2, 0.25) is 10.0 Å². The number of ether oxygens (including phenoxy) is 1. The Labute approximate surface area is 170 Å². The van der Waals surface area contributed by atoms with Crippen LogP contribution in [0, 0.1) is 5.92 Å². The molecule has 152 valence electrons. The molecule has 2 aromatic rings. The van der Waals surface area contributed by atoms with Crippen molar-refractivity contribution >= 4 is 15.7 Å². The fraction of sp³-hybridized carbons (Fsp3) is 0.364. The summed E-state index contributed by atoms with van der Waals surface area (Å²) in [7, 11) is -3.54. The summed E-state index contributed by atoms with van der Waals surface area (Å²) in [4.78, 5) is 0.333. The van der Waals surface area contributed by atoms with Gasteiger partial charge in [-0.2, -0.15) is 4.31 Å². The van der Waals surface area contributed by atoms with E-state index in [0.29, 0.717) is 31.2 Å². The van der Waals surface area contributed by atoms with Crippen molar-refractivity contribution in [1.29, 1.82) is 0 Å². The summed E-state index contributed by atoms with van der Waals surface area (Å²) < 4.78 is 33.0. The molecule has 5 rings (SSSR count). The van der Waals surface area contributed by atoms with Crippen LogP contribution in [0.4, 0.5) is 5.69 Å². The molecule has 29 heavy (non-hydrogen) atoms. The zero-order valence-corrected chi connectivity index (χ0v) is 16.8. The minimum Gasteiger partial charge on any atom is -0.508 e. The fourth-order valence-electron chi connectivity index (χ4n) is 4.73. The van der Waals surface area contributed by atoms with Crippen molar-refractivity contribution in [2.24, 2.45) is 5.92 Å². The zero-order chi connectivity index (χ0) is 20.0. The SMILES string of the molecule is O=S(=O)(c1ccc2c(c1)C1C=CCC1C(c1ccccc1O)N2)N1CCOCC1. The number of rotatable bonds is 3.